The minimum atomic E-state index is -5.72. The summed E-state index contributed by atoms with van der Waals surface area (Å²) in [5.74, 6) is -0.947. The number of nitrogens with two attached hydrogens (primary N) is 1. The zero-order valence-electron chi connectivity index (χ0n) is 29.9. The van der Waals surface area contributed by atoms with Crippen molar-refractivity contribution in [2.45, 2.75) is 122 Å². The van der Waals surface area contributed by atoms with Crippen LogP contribution in [0.4, 0.5) is 26.3 Å². The Bertz CT molecular complexity index is 1410. The molecule has 0 aromatic heterocycles. The van der Waals surface area contributed by atoms with Crippen molar-refractivity contribution in [3.8, 4) is 5.75 Å². The van der Waals surface area contributed by atoms with Crippen molar-refractivity contribution in [2.24, 2.45) is 11.7 Å². The average molecular weight is 721 g/mol. The number of ether oxygens (including phenoxy) is 4. The quantitative estimate of drug-likeness (QED) is 0.0863. The normalized spacial score (nSPS) is 18.7. The van der Waals surface area contributed by atoms with Crippen LogP contribution < -0.4 is 10.5 Å². The standard InChI is InChI=1S/C36H50F6N2O6/c1-8-12-24-20-28-27(21-49-34(28,35(37,38)39)36(40,41)42)26(13-9-2)29(24)48-19-11-10-18-44(22-47-7)31(46)33(6,43)25-16-14-23(15-17-25)30(45)50-32(3,4)5/h14-16,20,25H,8-13,17-19,21-22,43H2,1-7H3. The Balaban J connectivity index is 1.73. The number of hydrogen-bond donors (Lipinski definition) is 1. The van der Waals surface area contributed by atoms with Crippen molar-refractivity contribution < 1.29 is 54.9 Å². The van der Waals surface area contributed by atoms with Gasteiger partial charge >= 0.3 is 18.3 Å². The van der Waals surface area contributed by atoms with Gasteiger partial charge in [0, 0.05) is 30.7 Å². The van der Waals surface area contributed by atoms with Gasteiger partial charge in [-0.25, -0.2) is 4.79 Å². The van der Waals surface area contributed by atoms with Gasteiger partial charge in [-0.3, -0.25) is 4.79 Å². The van der Waals surface area contributed by atoms with E-state index in [1.165, 1.54) is 12.0 Å². The summed E-state index contributed by atoms with van der Waals surface area (Å²) in [6.07, 6.45) is -3.85. The van der Waals surface area contributed by atoms with E-state index in [9.17, 15) is 35.9 Å². The van der Waals surface area contributed by atoms with Gasteiger partial charge in [0.05, 0.1) is 24.3 Å². The van der Waals surface area contributed by atoms with Gasteiger partial charge in [-0.1, -0.05) is 44.9 Å². The minimum absolute atomic E-state index is 0.0335. The molecule has 1 heterocycles. The Morgan fingerprint density at radius 1 is 1.02 bits per heavy atom. The van der Waals surface area contributed by atoms with Crippen LogP contribution >= 0.6 is 0 Å². The maximum atomic E-state index is 14.1. The number of hydrogen-bond acceptors (Lipinski definition) is 7. The number of carbonyl (C=O) groups excluding carboxylic acids is 2. The predicted molar refractivity (Wildman–Crippen MR) is 175 cm³/mol. The molecule has 0 spiro atoms. The molecular weight excluding hydrogens is 670 g/mol. The number of aryl methyl sites for hydroxylation is 1. The number of fused-ring (bicyclic) bond motifs is 1. The van der Waals surface area contributed by atoms with Crippen LogP contribution in [0.2, 0.25) is 0 Å². The first-order valence-corrected chi connectivity index (χ1v) is 16.9. The largest absolute Gasteiger partial charge is 0.493 e. The monoisotopic (exact) mass is 720 g/mol. The van der Waals surface area contributed by atoms with Crippen molar-refractivity contribution in [2.75, 3.05) is 27.0 Å². The molecule has 1 aromatic rings. The molecule has 8 nitrogen and oxygen atoms in total. The average Bonchev–Trinajstić information content (AvgIpc) is 3.42. The second kappa shape index (κ2) is 16.1. The van der Waals surface area contributed by atoms with Crippen LogP contribution in [0.3, 0.4) is 0 Å². The van der Waals surface area contributed by atoms with Crippen LogP contribution in [0.1, 0.15) is 95.9 Å². The van der Waals surface area contributed by atoms with Gasteiger partial charge < -0.3 is 29.6 Å². The number of rotatable bonds is 15. The zero-order valence-corrected chi connectivity index (χ0v) is 29.9. The number of unbranched alkanes of at least 4 members (excludes halogenated alkanes) is 1. The Morgan fingerprint density at radius 3 is 2.18 bits per heavy atom. The van der Waals surface area contributed by atoms with Crippen molar-refractivity contribution in [1.29, 1.82) is 0 Å². The molecule has 3 rings (SSSR count). The Morgan fingerprint density at radius 2 is 1.66 bits per heavy atom. The van der Waals surface area contributed by atoms with Gasteiger partial charge in [0.1, 0.15) is 18.1 Å². The number of esters is 1. The third-order valence-electron chi connectivity index (χ3n) is 8.81. The summed E-state index contributed by atoms with van der Waals surface area (Å²) in [5, 5.41) is 0. The van der Waals surface area contributed by atoms with E-state index in [0.717, 1.165) is 6.07 Å². The first-order chi connectivity index (χ1) is 23.2. The number of nitrogens with zero attached hydrogens (tertiary/aromatic N) is 1. The fourth-order valence-electron chi connectivity index (χ4n) is 6.35. The molecule has 0 saturated heterocycles. The van der Waals surface area contributed by atoms with Crippen molar-refractivity contribution in [3.63, 3.8) is 0 Å². The number of benzene rings is 1. The fraction of sp³-hybridized carbons (Fsp3) is 0.667. The van der Waals surface area contributed by atoms with Crippen molar-refractivity contribution in [3.05, 3.63) is 52.1 Å². The molecule has 2 aliphatic rings. The maximum Gasteiger partial charge on any atom is 0.430 e. The molecule has 2 unspecified atom stereocenters. The number of alkyl halides is 6. The molecule has 1 aromatic carbocycles. The van der Waals surface area contributed by atoms with E-state index < -0.39 is 53.2 Å². The molecule has 0 radical (unpaired) electrons. The van der Waals surface area contributed by atoms with Crippen molar-refractivity contribution in [1.82, 2.24) is 4.90 Å². The number of carbonyl (C=O) groups is 2. The summed E-state index contributed by atoms with van der Waals surface area (Å²) >= 11 is 0. The molecular formula is C36H50F6N2O6. The molecule has 0 fully saturated rings. The van der Waals surface area contributed by atoms with E-state index in [1.807, 2.05) is 0 Å². The highest BCUT2D eigenvalue weighted by atomic mass is 19.4. The maximum absolute atomic E-state index is 14.1. The van der Waals surface area contributed by atoms with Gasteiger partial charge in [-0.2, -0.15) is 26.3 Å². The van der Waals surface area contributed by atoms with E-state index >= 15 is 0 Å². The third-order valence-corrected chi connectivity index (χ3v) is 8.81. The summed E-state index contributed by atoms with van der Waals surface area (Å²) in [5.41, 5.74) is 0.0754. The van der Waals surface area contributed by atoms with Gasteiger partial charge in [-0.05, 0) is 77.0 Å². The Labute approximate surface area is 290 Å². The molecule has 0 saturated carbocycles. The second-order valence-corrected chi connectivity index (χ2v) is 14.0. The molecule has 50 heavy (non-hydrogen) atoms. The van der Waals surface area contributed by atoms with Gasteiger partial charge in [0.25, 0.3) is 5.60 Å². The van der Waals surface area contributed by atoms with Crippen LogP contribution in [0, 0.1) is 5.92 Å². The molecule has 2 atom stereocenters. The zero-order chi connectivity index (χ0) is 37.7. The number of allylic oxidation sites excluding steroid dienone is 1. The summed E-state index contributed by atoms with van der Waals surface area (Å²) in [4.78, 5) is 27.6. The molecule has 282 valence electrons. The fourth-order valence-corrected chi connectivity index (χ4v) is 6.35. The van der Waals surface area contributed by atoms with Crippen LogP contribution in [0.25, 0.3) is 0 Å². The summed E-state index contributed by atoms with van der Waals surface area (Å²) in [6.45, 7) is 9.98. The van der Waals surface area contributed by atoms with E-state index in [0.29, 0.717) is 49.0 Å². The third kappa shape index (κ3) is 8.85. The Kier molecular flexibility index (Phi) is 13.3. The lowest BCUT2D eigenvalue weighted by Crippen LogP contribution is -2.58. The minimum Gasteiger partial charge on any atom is -0.493 e. The molecule has 0 bridgehead atoms. The summed E-state index contributed by atoms with van der Waals surface area (Å²) in [6, 6.07) is 0.952. The van der Waals surface area contributed by atoms with E-state index in [4.69, 9.17) is 19.9 Å². The van der Waals surface area contributed by atoms with Crippen LogP contribution in [-0.2, 0) is 48.8 Å². The molecule has 2 N–H and O–H groups in total. The number of amides is 1. The highest BCUT2D eigenvalue weighted by molar-refractivity contribution is 5.92. The van der Waals surface area contributed by atoms with Gasteiger partial charge in [0.2, 0.25) is 5.91 Å². The van der Waals surface area contributed by atoms with Crippen molar-refractivity contribution >= 4 is 11.9 Å². The summed E-state index contributed by atoms with van der Waals surface area (Å²) < 4.78 is 106. The lowest BCUT2D eigenvalue weighted by atomic mass is 9.80. The van der Waals surface area contributed by atoms with E-state index in [-0.39, 0.29) is 49.8 Å². The first-order valence-electron chi connectivity index (χ1n) is 16.9. The SMILES string of the molecule is CCCc1cc2c(c(CCC)c1OCCCCN(COC)C(=O)C(C)(N)C1C=CC(C(=O)OC(C)(C)C)=CC1)COC2(C(F)(F)F)C(F)(F)F. The highest BCUT2D eigenvalue weighted by Crippen LogP contribution is 2.58. The molecule has 1 aliphatic carbocycles. The number of methoxy groups -OCH3 is 1. The van der Waals surface area contributed by atoms with Crippen LogP contribution in [0.15, 0.2) is 29.9 Å². The summed E-state index contributed by atoms with van der Waals surface area (Å²) in [7, 11) is 1.45. The topological polar surface area (TPSA) is 100 Å². The smallest absolute Gasteiger partial charge is 0.430 e. The molecule has 1 aliphatic heterocycles. The molecule has 14 heteroatoms. The number of halogens is 6. The lowest BCUT2D eigenvalue weighted by molar-refractivity contribution is -0.385. The van der Waals surface area contributed by atoms with Crippen LogP contribution in [-0.4, -0.2) is 67.3 Å². The van der Waals surface area contributed by atoms with Gasteiger partial charge in [-0.15, -0.1) is 0 Å². The first kappa shape index (κ1) is 41.3. The van der Waals surface area contributed by atoms with E-state index in [2.05, 4.69) is 4.74 Å². The van der Waals surface area contributed by atoms with Crippen LogP contribution in [0.5, 0.6) is 5.75 Å². The molecule has 1 amide bonds. The highest BCUT2D eigenvalue weighted by Gasteiger charge is 2.76. The second-order valence-electron chi connectivity index (χ2n) is 14.0. The van der Waals surface area contributed by atoms with E-state index in [1.54, 1.807) is 59.8 Å². The lowest BCUT2D eigenvalue weighted by Gasteiger charge is -2.36. The Hall–Kier alpha value is -3.10. The predicted octanol–water partition coefficient (Wildman–Crippen LogP) is 7.59. The van der Waals surface area contributed by atoms with Gasteiger partial charge in [0.15, 0.2) is 0 Å².